The number of nitrogens with zero attached hydrogens (tertiary/aromatic N) is 2. The standard InChI is InChI=1S/C16H11N3/c1-2-12(9-17-6-1)11-3-4-13-14-10-18-7-5-15(14)19-16(13)8-11/h1-10,19H. The molecule has 3 heterocycles. The minimum atomic E-state index is 1.12. The van der Waals surface area contributed by atoms with Gasteiger partial charge in [-0.2, -0.15) is 0 Å². The Morgan fingerprint density at radius 3 is 2.58 bits per heavy atom. The van der Waals surface area contributed by atoms with Crippen molar-refractivity contribution in [2.75, 3.05) is 0 Å². The first kappa shape index (κ1) is 10.3. The van der Waals surface area contributed by atoms with Crippen molar-refractivity contribution in [3.63, 3.8) is 0 Å². The maximum Gasteiger partial charge on any atom is 0.0495 e. The Morgan fingerprint density at radius 1 is 0.737 bits per heavy atom. The van der Waals surface area contributed by atoms with Gasteiger partial charge in [-0.3, -0.25) is 9.97 Å². The number of rotatable bonds is 1. The quantitative estimate of drug-likeness (QED) is 0.554. The number of nitrogens with one attached hydrogen (secondary N) is 1. The maximum atomic E-state index is 4.19. The molecule has 0 amide bonds. The van der Waals surface area contributed by atoms with E-state index in [0.717, 1.165) is 22.0 Å². The molecular formula is C16H11N3. The average Bonchev–Trinajstić information content (AvgIpc) is 2.86. The van der Waals surface area contributed by atoms with Crippen molar-refractivity contribution in [2.45, 2.75) is 0 Å². The second-order valence-corrected chi connectivity index (χ2v) is 4.55. The molecule has 19 heavy (non-hydrogen) atoms. The lowest BCUT2D eigenvalue weighted by Gasteiger charge is -2.00. The number of hydrogen-bond acceptors (Lipinski definition) is 2. The molecule has 0 aliphatic rings. The first-order chi connectivity index (χ1) is 9.42. The highest BCUT2D eigenvalue weighted by atomic mass is 14.7. The summed E-state index contributed by atoms with van der Waals surface area (Å²) in [5.41, 5.74) is 4.54. The molecule has 3 nitrogen and oxygen atoms in total. The minimum absolute atomic E-state index is 1.12. The van der Waals surface area contributed by atoms with E-state index in [1.54, 1.807) is 12.4 Å². The van der Waals surface area contributed by atoms with Gasteiger partial charge in [0.2, 0.25) is 0 Å². The molecule has 90 valence electrons. The van der Waals surface area contributed by atoms with Gasteiger partial charge in [0, 0.05) is 52.2 Å². The summed E-state index contributed by atoms with van der Waals surface area (Å²) in [5, 5.41) is 2.37. The summed E-state index contributed by atoms with van der Waals surface area (Å²) in [5.74, 6) is 0. The van der Waals surface area contributed by atoms with Gasteiger partial charge in [0.15, 0.2) is 0 Å². The SMILES string of the molecule is c1cncc(-c2ccc3c(c2)[nH]c2ccncc23)c1. The predicted octanol–water partition coefficient (Wildman–Crippen LogP) is 3.78. The molecular weight excluding hydrogens is 234 g/mol. The Morgan fingerprint density at radius 2 is 1.68 bits per heavy atom. The van der Waals surface area contributed by atoms with Crippen LogP contribution in [-0.4, -0.2) is 15.0 Å². The zero-order chi connectivity index (χ0) is 12.7. The predicted molar refractivity (Wildman–Crippen MR) is 76.8 cm³/mol. The van der Waals surface area contributed by atoms with Crippen LogP contribution < -0.4 is 0 Å². The zero-order valence-electron chi connectivity index (χ0n) is 10.2. The zero-order valence-corrected chi connectivity index (χ0v) is 10.2. The van der Waals surface area contributed by atoms with Gasteiger partial charge in [-0.25, -0.2) is 0 Å². The Hall–Kier alpha value is -2.68. The fourth-order valence-corrected chi connectivity index (χ4v) is 2.46. The van der Waals surface area contributed by atoms with Gasteiger partial charge in [-0.1, -0.05) is 18.2 Å². The van der Waals surface area contributed by atoms with Crippen LogP contribution in [0.3, 0.4) is 0 Å². The molecule has 0 saturated heterocycles. The van der Waals surface area contributed by atoms with Crippen molar-refractivity contribution >= 4 is 21.8 Å². The Bertz CT molecular complexity index is 863. The van der Waals surface area contributed by atoms with Crippen LogP contribution >= 0.6 is 0 Å². The van der Waals surface area contributed by atoms with Crippen molar-refractivity contribution in [2.24, 2.45) is 0 Å². The summed E-state index contributed by atoms with van der Waals surface area (Å²) in [7, 11) is 0. The van der Waals surface area contributed by atoms with Crippen LogP contribution in [0.4, 0.5) is 0 Å². The highest BCUT2D eigenvalue weighted by Gasteiger charge is 2.05. The molecule has 0 aliphatic heterocycles. The van der Waals surface area contributed by atoms with Gasteiger partial charge in [-0.15, -0.1) is 0 Å². The molecule has 0 bridgehead atoms. The number of hydrogen-bond donors (Lipinski definition) is 1. The van der Waals surface area contributed by atoms with Crippen molar-refractivity contribution < 1.29 is 0 Å². The van der Waals surface area contributed by atoms with Gasteiger partial charge in [0.1, 0.15) is 0 Å². The van der Waals surface area contributed by atoms with Gasteiger partial charge in [0.25, 0.3) is 0 Å². The smallest absolute Gasteiger partial charge is 0.0495 e. The van der Waals surface area contributed by atoms with E-state index in [-0.39, 0.29) is 0 Å². The lowest BCUT2D eigenvalue weighted by atomic mass is 10.1. The van der Waals surface area contributed by atoms with Gasteiger partial charge in [-0.05, 0) is 23.8 Å². The largest absolute Gasteiger partial charge is 0.354 e. The van der Waals surface area contributed by atoms with E-state index < -0.39 is 0 Å². The van der Waals surface area contributed by atoms with Crippen LogP contribution in [0.15, 0.2) is 61.2 Å². The van der Waals surface area contributed by atoms with Gasteiger partial charge >= 0.3 is 0 Å². The molecule has 3 heteroatoms. The molecule has 0 unspecified atom stereocenters. The second-order valence-electron chi connectivity index (χ2n) is 4.55. The summed E-state index contributed by atoms with van der Waals surface area (Å²) in [6.07, 6.45) is 7.37. The van der Waals surface area contributed by atoms with Crippen LogP contribution in [0.2, 0.25) is 0 Å². The Labute approximate surface area is 110 Å². The fraction of sp³-hybridized carbons (Fsp3) is 0. The average molecular weight is 245 g/mol. The molecule has 0 spiro atoms. The first-order valence-corrected chi connectivity index (χ1v) is 6.18. The van der Waals surface area contributed by atoms with E-state index in [1.807, 2.05) is 24.5 Å². The Balaban J connectivity index is 1.99. The molecule has 0 radical (unpaired) electrons. The van der Waals surface area contributed by atoms with E-state index in [1.165, 1.54) is 10.9 Å². The summed E-state index contributed by atoms with van der Waals surface area (Å²) in [6, 6.07) is 12.4. The van der Waals surface area contributed by atoms with Crippen LogP contribution in [-0.2, 0) is 0 Å². The minimum Gasteiger partial charge on any atom is -0.354 e. The van der Waals surface area contributed by atoms with E-state index in [4.69, 9.17) is 0 Å². The first-order valence-electron chi connectivity index (χ1n) is 6.18. The Kier molecular flexibility index (Phi) is 2.12. The second kappa shape index (κ2) is 3.92. The van der Waals surface area contributed by atoms with Crippen LogP contribution in [0.25, 0.3) is 32.9 Å². The highest BCUT2D eigenvalue weighted by molar-refractivity contribution is 6.07. The van der Waals surface area contributed by atoms with Crippen molar-refractivity contribution in [1.29, 1.82) is 0 Å². The molecule has 0 atom stereocenters. The number of aromatic nitrogens is 3. The summed E-state index contributed by atoms with van der Waals surface area (Å²) >= 11 is 0. The lowest BCUT2D eigenvalue weighted by Crippen LogP contribution is -1.79. The topological polar surface area (TPSA) is 41.6 Å². The molecule has 0 saturated carbocycles. The van der Waals surface area contributed by atoms with E-state index >= 15 is 0 Å². The number of H-pyrrole nitrogens is 1. The summed E-state index contributed by atoms with van der Waals surface area (Å²) < 4.78 is 0. The summed E-state index contributed by atoms with van der Waals surface area (Å²) in [4.78, 5) is 11.8. The van der Waals surface area contributed by atoms with Crippen LogP contribution in [0.5, 0.6) is 0 Å². The van der Waals surface area contributed by atoms with Gasteiger partial charge < -0.3 is 4.98 Å². The van der Waals surface area contributed by atoms with E-state index in [9.17, 15) is 0 Å². The number of benzene rings is 1. The summed E-state index contributed by atoms with van der Waals surface area (Å²) in [6.45, 7) is 0. The fourth-order valence-electron chi connectivity index (χ4n) is 2.46. The molecule has 4 aromatic rings. The van der Waals surface area contributed by atoms with E-state index in [2.05, 4.69) is 39.2 Å². The number of aromatic amines is 1. The highest BCUT2D eigenvalue weighted by Crippen LogP contribution is 2.28. The third-order valence-corrected chi connectivity index (χ3v) is 3.40. The van der Waals surface area contributed by atoms with Crippen molar-refractivity contribution in [3.8, 4) is 11.1 Å². The molecule has 1 N–H and O–H groups in total. The van der Waals surface area contributed by atoms with Crippen molar-refractivity contribution in [3.05, 3.63) is 61.2 Å². The molecule has 1 aromatic carbocycles. The molecule has 0 fully saturated rings. The number of fused-ring (bicyclic) bond motifs is 3. The van der Waals surface area contributed by atoms with Crippen LogP contribution in [0, 0.1) is 0 Å². The van der Waals surface area contributed by atoms with Gasteiger partial charge in [0.05, 0.1) is 0 Å². The third kappa shape index (κ3) is 1.59. The molecule has 0 aliphatic carbocycles. The lowest BCUT2D eigenvalue weighted by molar-refractivity contribution is 1.33. The third-order valence-electron chi connectivity index (χ3n) is 3.40. The van der Waals surface area contributed by atoms with Crippen LogP contribution in [0.1, 0.15) is 0 Å². The maximum absolute atomic E-state index is 4.19. The molecule has 4 rings (SSSR count). The monoisotopic (exact) mass is 245 g/mol. The van der Waals surface area contributed by atoms with Crippen molar-refractivity contribution in [1.82, 2.24) is 15.0 Å². The molecule has 3 aromatic heterocycles. The normalized spacial score (nSPS) is 11.2. The van der Waals surface area contributed by atoms with E-state index in [0.29, 0.717) is 0 Å². The number of pyridine rings is 2.